The smallest absolute Gasteiger partial charge is 0.274 e. The minimum atomic E-state index is -0.285. The number of nitrogens with two attached hydrogens (primary N) is 1. The fourth-order valence-corrected chi connectivity index (χ4v) is 1.66. The summed E-state index contributed by atoms with van der Waals surface area (Å²) in [5.74, 6) is -0.285. The Balaban J connectivity index is 2.00. The summed E-state index contributed by atoms with van der Waals surface area (Å²) < 4.78 is 4.91. The molecule has 0 atom stereocenters. The first-order chi connectivity index (χ1) is 8.72. The van der Waals surface area contributed by atoms with Crippen LogP contribution in [0.4, 0.5) is 5.69 Å². The molecule has 0 saturated heterocycles. The molecule has 2 rings (SSSR count). The topological polar surface area (TPSA) is 96.9 Å². The van der Waals surface area contributed by atoms with Crippen LogP contribution in [0.15, 0.2) is 23.0 Å². The maximum absolute atomic E-state index is 11.9. The zero-order valence-corrected chi connectivity index (χ0v) is 10.2. The molecule has 0 fully saturated rings. The van der Waals surface area contributed by atoms with E-state index in [4.69, 9.17) is 10.2 Å². The molecule has 18 heavy (non-hydrogen) atoms. The van der Waals surface area contributed by atoms with Gasteiger partial charge in [0.1, 0.15) is 0 Å². The van der Waals surface area contributed by atoms with E-state index < -0.39 is 0 Å². The van der Waals surface area contributed by atoms with E-state index in [1.54, 1.807) is 18.6 Å². The van der Waals surface area contributed by atoms with Crippen molar-refractivity contribution in [3.63, 3.8) is 0 Å². The van der Waals surface area contributed by atoms with E-state index >= 15 is 0 Å². The molecular formula is C12H16N4O2. The first-order valence-electron chi connectivity index (χ1n) is 5.84. The van der Waals surface area contributed by atoms with E-state index in [9.17, 15) is 4.79 Å². The van der Waals surface area contributed by atoms with Gasteiger partial charge in [0.25, 0.3) is 5.91 Å². The van der Waals surface area contributed by atoms with Gasteiger partial charge in [-0.15, -0.1) is 0 Å². The predicted octanol–water partition coefficient (Wildman–Crippen LogP) is 1.47. The molecule has 0 radical (unpaired) electrons. The van der Waals surface area contributed by atoms with Crippen molar-refractivity contribution in [1.82, 2.24) is 15.5 Å². The molecule has 2 heterocycles. The number of aryl methyl sites for hydroxylation is 1. The molecular weight excluding hydrogens is 232 g/mol. The van der Waals surface area contributed by atoms with E-state index in [2.05, 4.69) is 15.5 Å². The maximum atomic E-state index is 11.9. The highest BCUT2D eigenvalue weighted by Crippen LogP contribution is 2.15. The molecule has 0 bridgehead atoms. The van der Waals surface area contributed by atoms with Crippen LogP contribution in [0.2, 0.25) is 0 Å². The molecule has 0 spiro atoms. The van der Waals surface area contributed by atoms with Crippen LogP contribution in [0.25, 0.3) is 0 Å². The SMILES string of the molecule is CCCc1[nH]nc(C(=O)NCc2ccoc2)c1N. The van der Waals surface area contributed by atoms with Crippen molar-refractivity contribution in [2.75, 3.05) is 5.73 Å². The van der Waals surface area contributed by atoms with Gasteiger partial charge in [-0.05, 0) is 12.5 Å². The number of amides is 1. The third kappa shape index (κ3) is 2.53. The minimum Gasteiger partial charge on any atom is -0.472 e. The number of aromatic amines is 1. The monoisotopic (exact) mass is 248 g/mol. The van der Waals surface area contributed by atoms with Gasteiger partial charge in [0.15, 0.2) is 5.69 Å². The largest absolute Gasteiger partial charge is 0.472 e. The average molecular weight is 248 g/mol. The van der Waals surface area contributed by atoms with Crippen molar-refractivity contribution < 1.29 is 9.21 Å². The van der Waals surface area contributed by atoms with E-state index in [1.165, 1.54) is 0 Å². The van der Waals surface area contributed by atoms with Crippen LogP contribution in [-0.4, -0.2) is 16.1 Å². The van der Waals surface area contributed by atoms with Crippen molar-refractivity contribution in [1.29, 1.82) is 0 Å². The van der Waals surface area contributed by atoms with Crippen molar-refractivity contribution in [2.45, 2.75) is 26.3 Å². The average Bonchev–Trinajstić information content (AvgIpc) is 2.98. The van der Waals surface area contributed by atoms with Crippen molar-refractivity contribution >= 4 is 11.6 Å². The number of rotatable bonds is 5. The second-order valence-electron chi connectivity index (χ2n) is 4.03. The van der Waals surface area contributed by atoms with Gasteiger partial charge in [-0.1, -0.05) is 13.3 Å². The summed E-state index contributed by atoms with van der Waals surface area (Å²) in [7, 11) is 0. The van der Waals surface area contributed by atoms with E-state index in [-0.39, 0.29) is 11.6 Å². The molecule has 4 N–H and O–H groups in total. The summed E-state index contributed by atoms with van der Waals surface area (Å²) in [6.45, 7) is 2.43. The summed E-state index contributed by atoms with van der Waals surface area (Å²) in [6, 6.07) is 1.79. The van der Waals surface area contributed by atoms with Crippen LogP contribution < -0.4 is 11.1 Å². The van der Waals surface area contributed by atoms with Crippen LogP contribution in [0.5, 0.6) is 0 Å². The van der Waals surface area contributed by atoms with Crippen LogP contribution in [0.1, 0.15) is 35.1 Å². The van der Waals surface area contributed by atoms with E-state index in [0.717, 1.165) is 24.1 Å². The van der Waals surface area contributed by atoms with Crippen LogP contribution >= 0.6 is 0 Å². The Morgan fingerprint density at radius 2 is 2.44 bits per heavy atom. The molecule has 0 aliphatic rings. The Bertz CT molecular complexity index is 516. The number of nitrogens with zero attached hydrogens (tertiary/aromatic N) is 1. The third-order valence-electron chi connectivity index (χ3n) is 2.63. The molecule has 6 heteroatoms. The second-order valence-corrected chi connectivity index (χ2v) is 4.03. The van der Waals surface area contributed by atoms with Gasteiger partial charge in [-0.3, -0.25) is 9.89 Å². The van der Waals surface area contributed by atoms with Gasteiger partial charge < -0.3 is 15.5 Å². The molecule has 1 amide bonds. The quantitative estimate of drug-likeness (QED) is 0.746. The summed E-state index contributed by atoms with van der Waals surface area (Å²) >= 11 is 0. The lowest BCUT2D eigenvalue weighted by Gasteiger charge is -2.01. The minimum absolute atomic E-state index is 0.252. The first kappa shape index (κ1) is 12.2. The summed E-state index contributed by atoms with van der Waals surface area (Å²) in [5.41, 5.74) is 8.26. The van der Waals surface area contributed by atoms with Gasteiger partial charge >= 0.3 is 0 Å². The second kappa shape index (κ2) is 5.39. The highest BCUT2D eigenvalue weighted by molar-refractivity contribution is 5.97. The zero-order chi connectivity index (χ0) is 13.0. The number of hydrogen-bond acceptors (Lipinski definition) is 4. The molecule has 2 aromatic rings. The Hall–Kier alpha value is -2.24. The zero-order valence-electron chi connectivity index (χ0n) is 10.2. The van der Waals surface area contributed by atoms with Crippen molar-refractivity contribution in [3.8, 4) is 0 Å². The number of carbonyl (C=O) groups is 1. The number of hydrogen-bond donors (Lipinski definition) is 3. The first-order valence-corrected chi connectivity index (χ1v) is 5.84. The van der Waals surface area contributed by atoms with Crippen LogP contribution in [0.3, 0.4) is 0 Å². The maximum Gasteiger partial charge on any atom is 0.274 e. The Morgan fingerprint density at radius 3 is 3.11 bits per heavy atom. The number of nitrogens with one attached hydrogen (secondary N) is 2. The third-order valence-corrected chi connectivity index (χ3v) is 2.63. The standard InChI is InChI=1S/C12H16N4O2/c1-2-3-9-10(13)11(16-15-9)12(17)14-6-8-4-5-18-7-8/h4-5,7H,2-3,6,13H2,1H3,(H,14,17)(H,15,16). The molecule has 0 saturated carbocycles. The lowest BCUT2D eigenvalue weighted by Crippen LogP contribution is -2.23. The molecule has 0 unspecified atom stereocenters. The molecule has 0 aromatic carbocycles. The molecule has 0 aliphatic heterocycles. The van der Waals surface area contributed by atoms with Gasteiger partial charge in [0.05, 0.1) is 23.9 Å². The molecule has 0 aliphatic carbocycles. The summed E-state index contributed by atoms with van der Waals surface area (Å²) in [4.78, 5) is 11.9. The number of furan rings is 1. The number of H-pyrrole nitrogens is 1. The summed E-state index contributed by atoms with van der Waals surface area (Å²) in [5, 5.41) is 9.48. The summed E-state index contributed by atoms with van der Waals surface area (Å²) in [6.07, 6.45) is 4.87. The highest BCUT2D eigenvalue weighted by atomic mass is 16.3. The van der Waals surface area contributed by atoms with E-state index in [0.29, 0.717) is 12.2 Å². The highest BCUT2D eigenvalue weighted by Gasteiger charge is 2.16. The van der Waals surface area contributed by atoms with Crippen molar-refractivity contribution in [2.24, 2.45) is 0 Å². The van der Waals surface area contributed by atoms with Gasteiger partial charge in [0, 0.05) is 12.1 Å². The Morgan fingerprint density at radius 1 is 1.61 bits per heavy atom. The number of carbonyl (C=O) groups excluding carboxylic acids is 1. The Labute approximate surface area is 105 Å². The lowest BCUT2D eigenvalue weighted by molar-refractivity contribution is 0.0946. The van der Waals surface area contributed by atoms with Gasteiger partial charge in [0.2, 0.25) is 0 Å². The fourth-order valence-electron chi connectivity index (χ4n) is 1.66. The molecule has 2 aromatic heterocycles. The van der Waals surface area contributed by atoms with Gasteiger partial charge in [-0.2, -0.15) is 5.10 Å². The van der Waals surface area contributed by atoms with Crippen LogP contribution in [0, 0.1) is 0 Å². The lowest BCUT2D eigenvalue weighted by atomic mass is 10.2. The fraction of sp³-hybridized carbons (Fsp3) is 0.333. The Kier molecular flexibility index (Phi) is 3.66. The number of anilines is 1. The normalized spacial score (nSPS) is 10.5. The number of aromatic nitrogens is 2. The number of nitrogen functional groups attached to an aromatic ring is 1. The molecule has 96 valence electrons. The van der Waals surface area contributed by atoms with Crippen LogP contribution in [-0.2, 0) is 13.0 Å². The van der Waals surface area contributed by atoms with E-state index in [1.807, 2.05) is 6.92 Å². The molecule has 6 nitrogen and oxygen atoms in total. The predicted molar refractivity (Wildman–Crippen MR) is 66.9 cm³/mol. The van der Waals surface area contributed by atoms with Gasteiger partial charge in [-0.25, -0.2) is 0 Å². The van der Waals surface area contributed by atoms with Crippen molar-refractivity contribution in [3.05, 3.63) is 35.5 Å².